The van der Waals surface area contributed by atoms with Crippen LogP contribution in [-0.4, -0.2) is 59.8 Å². The van der Waals surface area contributed by atoms with Gasteiger partial charge in [0.05, 0.1) is 0 Å². The quantitative estimate of drug-likeness (QED) is 0.361. The molecule has 0 saturated heterocycles. The molecule has 0 saturated carbocycles. The number of hydrogen-bond donors (Lipinski definition) is 2. The molecule has 0 heterocycles. The third kappa shape index (κ3) is 49.3. The summed E-state index contributed by atoms with van der Waals surface area (Å²) in [6, 6.07) is 0. The van der Waals surface area contributed by atoms with Gasteiger partial charge in [-0.2, -0.15) is 8.42 Å². The van der Waals surface area contributed by atoms with Gasteiger partial charge in [0.15, 0.2) is 0 Å². The fourth-order valence-electron chi connectivity index (χ4n) is 0. The first-order valence-corrected chi connectivity index (χ1v) is 2.41. The first-order chi connectivity index (χ1) is 2.00. The van der Waals surface area contributed by atoms with E-state index < -0.39 is 10.2 Å². The summed E-state index contributed by atoms with van der Waals surface area (Å²) in [4.78, 5) is 0. The zero-order chi connectivity index (χ0) is 4.50. The van der Waals surface area contributed by atoms with E-state index in [4.69, 9.17) is 0 Å². The summed E-state index contributed by atoms with van der Waals surface area (Å²) >= 11 is 0. The number of nitrogens with two attached hydrogens (primary N) is 2. The van der Waals surface area contributed by atoms with Crippen LogP contribution in [0.4, 0.5) is 0 Å². The summed E-state index contributed by atoms with van der Waals surface area (Å²) < 4.78 is 18.4. The van der Waals surface area contributed by atoms with Crippen LogP contribution in [0.1, 0.15) is 0 Å². The molecule has 34 valence electrons. The molecular weight excluding hydrogens is 131 g/mol. The van der Waals surface area contributed by atoms with E-state index in [1.807, 2.05) is 0 Å². The van der Waals surface area contributed by atoms with Crippen LogP contribution in [0.15, 0.2) is 0 Å². The molecule has 0 amide bonds. The molecule has 0 rings (SSSR count). The molecule has 0 unspecified atom stereocenters. The van der Waals surface area contributed by atoms with Gasteiger partial charge in [0, 0.05) is 0 Å². The van der Waals surface area contributed by atoms with Crippen LogP contribution in [0, 0.1) is 0 Å². The van der Waals surface area contributed by atoms with Crippen molar-refractivity contribution < 1.29 is 8.42 Å². The second-order valence-electron chi connectivity index (χ2n) is 0.589. The van der Waals surface area contributed by atoms with Crippen LogP contribution in [0.5, 0.6) is 0 Å². The Kier molecular flexibility index (Phi) is 6.12. The second kappa shape index (κ2) is 3.50. The normalized spacial score (nSPS) is 9.67. The molecule has 0 aromatic heterocycles. The Hall–Kier alpha value is 1.51. The molecule has 0 radical (unpaired) electrons. The van der Waals surface area contributed by atoms with Gasteiger partial charge in [0.1, 0.15) is 0 Å². The van der Waals surface area contributed by atoms with E-state index in [2.05, 4.69) is 10.3 Å². The summed E-state index contributed by atoms with van der Waals surface area (Å²) in [5.74, 6) is 0. The van der Waals surface area contributed by atoms with Crippen molar-refractivity contribution in [2.24, 2.45) is 10.3 Å². The summed E-state index contributed by atoms with van der Waals surface area (Å²) in [5.41, 5.74) is 0. The van der Waals surface area contributed by atoms with Crippen LogP contribution in [0.25, 0.3) is 0 Å². The molecule has 0 spiro atoms. The molecule has 0 aliphatic carbocycles. The van der Waals surface area contributed by atoms with E-state index in [1.165, 1.54) is 0 Å². The van der Waals surface area contributed by atoms with Gasteiger partial charge in [0.25, 0.3) is 10.2 Å². The van der Waals surface area contributed by atoms with Gasteiger partial charge in [-0.1, -0.05) is 0 Å². The Labute approximate surface area is 78.9 Å². The second-order valence-corrected chi connectivity index (χ2v) is 1.77. The van der Waals surface area contributed by atoms with Crippen LogP contribution >= 0.6 is 0 Å². The average Bonchev–Trinajstić information content (AvgIpc) is 0.722. The fourth-order valence-corrected chi connectivity index (χ4v) is 0. The molecule has 4 N–H and O–H groups in total. The van der Waals surface area contributed by atoms with Crippen LogP contribution in [0.2, 0.25) is 0 Å². The first-order valence-electron chi connectivity index (χ1n) is 0.805. The molecule has 0 aliphatic heterocycles. The van der Waals surface area contributed by atoms with Gasteiger partial charge in [-0.25, -0.2) is 10.3 Å². The summed E-state index contributed by atoms with van der Waals surface area (Å²) in [7, 11) is -3.67. The Morgan fingerprint density at radius 3 is 1.17 bits per heavy atom. The Bertz CT molecular complexity index is 94.7. The van der Waals surface area contributed by atoms with Crippen molar-refractivity contribution in [3.63, 3.8) is 0 Å². The van der Waals surface area contributed by atoms with Crippen LogP contribution in [-0.2, 0) is 10.2 Å². The molecular formula is H5KN2O2S. The van der Waals surface area contributed by atoms with E-state index in [1.54, 1.807) is 0 Å². The van der Waals surface area contributed by atoms with E-state index in [0.717, 1.165) is 0 Å². The van der Waals surface area contributed by atoms with Crippen molar-refractivity contribution in [3.05, 3.63) is 0 Å². The zero-order valence-corrected chi connectivity index (χ0v) is 3.20. The minimum absolute atomic E-state index is 0. The van der Waals surface area contributed by atoms with Crippen molar-refractivity contribution >= 4 is 61.6 Å². The van der Waals surface area contributed by atoms with Crippen molar-refractivity contribution in [1.82, 2.24) is 0 Å². The molecule has 0 bridgehead atoms. The van der Waals surface area contributed by atoms with E-state index in [9.17, 15) is 8.42 Å². The standard InChI is InChI=1S/K.H4N2O2S.H/c;1-5(2,3)4;/h;(H4,1,2,3,4);. The third-order valence-corrected chi connectivity index (χ3v) is 0. The molecule has 0 aromatic carbocycles. The summed E-state index contributed by atoms with van der Waals surface area (Å²) in [6.07, 6.45) is 0. The summed E-state index contributed by atoms with van der Waals surface area (Å²) in [6.45, 7) is 0. The average molecular weight is 136 g/mol. The maximum atomic E-state index is 9.19. The van der Waals surface area contributed by atoms with Gasteiger partial charge in [-0.15, -0.1) is 0 Å². The van der Waals surface area contributed by atoms with Crippen molar-refractivity contribution in [3.8, 4) is 0 Å². The van der Waals surface area contributed by atoms with Crippen molar-refractivity contribution in [1.29, 1.82) is 0 Å². The summed E-state index contributed by atoms with van der Waals surface area (Å²) in [5, 5.41) is 8.21. The van der Waals surface area contributed by atoms with Crippen molar-refractivity contribution in [2.45, 2.75) is 0 Å². The fraction of sp³-hybridized carbons (Fsp3) is 0. The van der Waals surface area contributed by atoms with Gasteiger partial charge in [-0.05, 0) is 0 Å². The van der Waals surface area contributed by atoms with Crippen molar-refractivity contribution in [2.75, 3.05) is 0 Å². The Morgan fingerprint density at radius 1 is 1.17 bits per heavy atom. The molecule has 0 fully saturated rings. The molecule has 6 heavy (non-hydrogen) atoms. The predicted molar refractivity (Wildman–Crippen MR) is 24.4 cm³/mol. The van der Waals surface area contributed by atoms with Gasteiger partial charge >= 0.3 is 51.4 Å². The van der Waals surface area contributed by atoms with E-state index in [0.29, 0.717) is 0 Å². The zero-order valence-electron chi connectivity index (χ0n) is 2.38. The number of rotatable bonds is 0. The molecule has 0 aromatic rings. The SMILES string of the molecule is NS(N)(=O)=O.[KH]. The van der Waals surface area contributed by atoms with E-state index >= 15 is 0 Å². The van der Waals surface area contributed by atoms with Gasteiger partial charge in [-0.3, -0.25) is 0 Å². The molecule has 0 atom stereocenters. The molecule has 6 heteroatoms. The minimum atomic E-state index is -3.67. The Morgan fingerprint density at radius 2 is 1.17 bits per heavy atom. The van der Waals surface area contributed by atoms with E-state index in [-0.39, 0.29) is 51.4 Å². The van der Waals surface area contributed by atoms with Crippen LogP contribution < -0.4 is 10.3 Å². The third-order valence-electron chi connectivity index (χ3n) is 0. The molecule has 0 aliphatic rings. The Balaban J connectivity index is 0. The first kappa shape index (κ1) is 10.5. The van der Waals surface area contributed by atoms with Crippen LogP contribution in [0.3, 0.4) is 0 Å². The van der Waals surface area contributed by atoms with Gasteiger partial charge in [0.2, 0.25) is 0 Å². The maximum absolute atomic E-state index is 9.19. The predicted octanol–water partition coefficient (Wildman–Crippen LogP) is -2.50. The molecule has 4 nitrogen and oxygen atoms in total. The topological polar surface area (TPSA) is 86.2 Å². The number of hydrogen-bond acceptors (Lipinski definition) is 2. The van der Waals surface area contributed by atoms with Gasteiger partial charge < -0.3 is 0 Å². The monoisotopic (exact) mass is 136 g/mol.